The number of methoxy groups -OCH3 is 1. The summed E-state index contributed by atoms with van der Waals surface area (Å²) >= 11 is 5.91. The first kappa shape index (κ1) is 17.4. The van der Waals surface area contributed by atoms with E-state index < -0.39 is 0 Å². The summed E-state index contributed by atoms with van der Waals surface area (Å²) in [6, 6.07) is 4.75. The van der Waals surface area contributed by atoms with Crippen molar-refractivity contribution in [2.24, 2.45) is 0 Å². The highest BCUT2D eigenvalue weighted by Gasteiger charge is 2.13. The second-order valence-electron chi connectivity index (χ2n) is 4.27. The number of anilines is 1. The normalized spacial score (nSPS) is 10.2. The van der Waals surface area contributed by atoms with Gasteiger partial charge in [0.25, 0.3) is 5.91 Å². The van der Waals surface area contributed by atoms with Gasteiger partial charge in [-0.25, -0.2) is 0 Å². The summed E-state index contributed by atoms with van der Waals surface area (Å²) in [6.07, 6.45) is 0. The molecule has 21 heavy (non-hydrogen) atoms. The molecule has 1 rings (SSSR count). The van der Waals surface area contributed by atoms with E-state index in [1.807, 2.05) is 6.92 Å². The molecule has 3 N–H and O–H groups in total. The number of halogens is 1. The molecule has 0 saturated heterocycles. The molecule has 0 radical (unpaired) electrons. The molecule has 0 unspecified atom stereocenters. The van der Waals surface area contributed by atoms with Gasteiger partial charge in [-0.15, -0.1) is 0 Å². The third-order valence-corrected chi connectivity index (χ3v) is 2.84. The maximum absolute atomic E-state index is 11.9. The summed E-state index contributed by atoms with van der Waals surface area (Å²) in [5, 5.41) is 8.74. The number of rotatable bonds is 8. The van der Waals surface area contributed by atoms with E-state index in [1.54, 1.807) is 25.3 Å². The summed E-state index contributed by atoms with van der Waals surface area (Å²) in [5.74, 6) is -0.504. The van der Waals surface area contributed by atoms with Crippen LogP contribution in [0.4, 0.5) is 5.69 Å². The molecule has 0 atom stereocenters. The number of ether oxygens (including phenoxy) is 1. The molecule has 0 spiro atoms. The van der Waals surface area contributed by atoms with Crippen LogP contribution in [0, 0.1) is 0 Å². The zero-order valence-corrected chi connectivity index (χ0v) is 12.9. The standard InChI is InChI=1S/C14H20ClN3O3/c1-3-17-14(20)11-5-4-10(15)8-12(11)18-13(19)9-16-6-7-21-2/h4-5,8,16H,3,6-7,9H2,1-2H3,(H,17,20)(H,18,19). The van der Waals surface area contributed by atoms with Crippen LogP contribution in [0.25, 0.3) is 0 Å². The Hall–Kier alpha value is -1.63. The van der Waals surface area contributed by atoms with Gasteiger partial charge in [-0.05, 0) is 25.1 Å². The molecule has 6 nitrogen and oxygen atoms in total. The van der Waals surface area contributed by atoms with Gasteiger partial charge in [0.15, 0.2) is 0 Å². The van der Waals surface area contributed by atoms with E-state index in [2.05, 4.69) is 16.0 Å². The van der Waals surface area contributed by atoms with E-state index in [4.69, 9.17) is 16.3 Å². The quantitative estimate of drug-likeness (QED) is 0.631. The zero-order valence-electron chi connectivity index (χ0n) is 12.2. The van der Waals surface area contributed by atoms with Gasteiger partial charge in [0.05, 0.1) is 24.4 Å². The lowest BCUT2D eigenvalue weighted by atomic mass is 10.1. The smallest absolute Gasteiger partial charge is 0.253 e. The first-order chi connectivity index (χ1) is 10.1. The van der Waals surface area contributed by atoms with E-state index >= 15 is 0 Å². The fourth-order valence-electron chi connectivity index (χ4n) is 1.64. The molecule has 0 heterocycles. The van der Waals surface area contributed by atoms with Crippen molar-refractivity contribution in [3.63, 3.8) is 0 Å². The zero-order chi connectivity index (χ0) is 15.7. The van der Waals surface area contributed by atoms with Crippen LogP contribution in [-0.2, 0) is 9.53 Å². The van der Waals surface area contributed by atoms with Crippen molar-refractivity contribution in [1.29, 1.82) is 0 Å². The molecule has 0 aliphatic carbocycles. The number of carbonyl (C=O) groups is 2. The first-order valence-electron chi connectivity index (χ1n) is 6.65. The third kappa shape index (κ3) is 6.12. The Morgan fingerprint density at radius 2 is 2.10 bits per heavy atom. The molecule has 0 aliphatic heterocycles. The highest BCUT2D eigenvalue weighted by Crippen LogP contribution is 2.21. The molecule has 0 aromatic heterocycles. The first-order valence-corrected chi connectivity index (χ1v) is 7.03. The second-order valence-corrected chi connectivity index (χ2v) is 4.70. The number of amides is 2. The summed E-state index contributed by atoms with van der Waals surface area (Å²) in [6.45, 7) is 3.56. The van der Waals surface area contributed by atoms with Gasteiger partial charge in [-0.2, -0.15) is 0 Å². The Morgan fingerprint density at radius 1 is 1.33 bits per heavy atom. The van der Waals surface area contributed by atoms with E-state index in [9.17, 15) is 9.59 Å². The van der Waals surface area contributed by atoms with E-state index in [0.717, 1.165) is 0 Å². The molecular weight excluding hydrogens is 294 g/mol. The van der Waals surface area contributed by atoms with Crippen molar-refractivity contribution in [2.75, 3.05) is 38.7 Å². The van der Waals surface area contributed by atoms with Crippen molar-refractivity contribution in [3.8, 4) is 0 Å². The van der Waals surface area contributed by atoms with Gasteiger partial charge in [0.1, 0.15) is 0 Å². The van der Waals surface area contributed by atoms with E-state index in [1.165, 1.54) is 0 Å². The maximum atomic E-state index is 11.9. The molecule has 1 aromatic rings. The molecule has 2 amide bonds. The molecule has 0 bridgehead atoms. The number of nitrogens with one attached hydrogen (secondary N) is 3. The number of carbonyl (C=O) groups excluding carboxylic acids is 2. The van der Waals surface area contributed by atoms with Gasteiger partial charge in [0.2, 0.25) is 5.91 Å². The molecule has 116 valence electrons. The van der Waals surface area contributed by atoms with Crippen LogP contribution < -0.4 is 16.0 Å². The van der Waals surface area contributed by atoms with E-state index in [-0.39, 0.29) is 18.4 Å². The summed E-state index contributed by atoms with van der Waals surface area (Å²) in [7, 11) is 1.59. The minimum absolute atomic E-state index is 0.130. The maximum Gasteiger partial charge on any atom is 0.253 e. The monoisotopic (exact) mass is 313 g/mol. The number of hydrogen-bond acceptors (Lipinski definition) is 4. The predicted octanol–water partition coefficient (Wildman–Crippen LogP) is 1.26. The molecule has 1 aromatic carbocycles. The molecular formula is C14H20ClN3O3. The summed E-state index contributed by atoms with van der Waals surface area (Å²) in [4.78, 5) is 23.8. The molecule has 0 saturated carbocycles. The van der Waals surface area contributed by atoms with Gasteiger partial charge in [-0.1, -0.05) is 11.6 Å². The highest BCUT2D eigenvalue weighted by atomic mass is 35.5. The lowest BCUT2D eigenvalue weighted by Crippen LogP contribution is -2.31. The number of benzene rings is 1. The van der Waals surface area contributed by atoms with Gasteiger partial charge >= 0.3 is 0 Å². The van der Waals surface area contributed by atoms with Crippen LogP contribution in [0.5, 0.6) is 0 Å². The largest absolute Gasteiger partial charge is 0.383 e. The lowest BCUT2D eigenvalue weighted by molar-refractivity contribution is -0.115. The third-order valence-electron chi connectivity index (χ3n) is 2.61. The van der Waals surface area contributed by atoms with Crippen molar-refractivity contribution in [3.05, 3.63) is 28.8 Å². The Kier molecular flexibility index (Phi) is 7.74. The molecule has 7 heteroatoms. The highest BCUT2D eigenvalue weighted by molar-refractivity contribution is 6.31. The Balaban J connectivity index is 2.70. The minimum Gasteiger partial charge on any atom is -0.383 e. The van der Waals surface area contributed by atoms with Crippen LogP contribution in [0.2, 0.25) is 5.02 Å². The minimum atomic E-state index is -0.253. The summed E-state index contributed by atoms with van der Waals surface area (Å²) in [5.41, 5.74) is 0.776. The Labute approximate surface area is 129 Å². The predicted molar refractivity (Wildman–Crippen MR) is 82.8 cm³/mol. The van der Waals surface area contributed by atoms with Gasteiger partial charge in [-0.3, -0.25) is 9.59 Å². The topological polar surface area (TPSA) is 79.5 Å². The van der Waals surface area contributed by atoms with Crippen LogP contribution in [-0.4, -0.2) is 45.2 Å². The fraction of sp³-hybridized carbons (Fsp3) is 0.429. The SMILES string of the molecule is CCNC(=O)c1ccc(Cl)cc1NC(=O)CNCCOC. The van der Waals surface area contributed by atoms with Crippen molar-refractivity contribution >= 4 is 29.1 Å². The Morgan fingerprint density at radius 3 is 2.76 bits per heavy atom. The van der Waals surface area contributed by atoms with Crippen LogP contribution in [0.15, 0.2) is 18.2 Å². The van der Waals surface area contributed by atoms with Gasteiger partial charge in [0, 0.05) is 25.2 Å². The lowest BCUT2D eigenvalue weighted by Gasteiger charge is -2.12. The fourth-order valence-corrected chi connectivity index (χ4v) is 1.82. The summed E-state index contributed by atoms with van der Waals surface area (Å²) < 4.78 is 4.87. The van der Waals surface area contributed by atoms with E-state index in [0.29, 0.717) is 36.0 Å². The van der Waals surface area contributed by atoms with Crippen LogP contribution >= 0.6 is 11.6 Å². The van der Waals surface area contributed by atoms with Crippen LogP contribution in [0.3, 0.4) is 0 Å². The number of hydrogen-bond donors (Lipinski definition) is 3. The average molecular weight is 314 g/mol. The molecule has 0 aliphatic rings. The average Bonchev–Trinajstić information content (AvgIpc) is 2.44. The second kappa shape index (κ2) is 9.33. The van der Waals surface area contributed by atoms with Crippen molar-refractivity contribution in [1.82, 2.24) is 10.6 Å². The van der Waals surface area contributed by atoms with Gasteiger partial charge < -0.3 is 20.7 Å². The molecule has 0 fully saturated rings. The van der Waals surface area contributed by atoms with Crippen LogP contribution in [0.1, 0.15) is 17.3 Å². The van der Waals surface area contributed by atoms with Crippen molar-refractivity contribution < 1.29 is 14.3 Å². The Bertz CT molecular complexity index is 494. The van der Waals surface area contributed by atoms with Crippen molar-refractivity contribution in [2.45, 2.75) is 6.92 Å².